The third-order valence-electron chi connectivity index (χ3n) is 5.38. The summed E-state index contributed by atoms with van der Waals surface area (Å²) in [6, 6.07) is 10.7. The molecule has 1 fully saturated rings. The Morgan fingerprint density at radius 1 is 1.07 bits per heavy atom. The van der Waals surface area contributed by atoms with Gasteiger partial charge in [-0.15, -0.1) is 5.10 Å². The second-order valence-corrected chi connectivity index (χ2v) is 7.36. The van der Waals surface area contributed by atoms with Crippen LogP contribution >= 0.6 is 0 Å². The van der Waals surface area contributed by atoms with Gasteiger partial charge in [-0.1, -0.05) is 6.07 Å². The van der Waals surface area contributed by atoms with E-state index < -0.39 is 11.7 Å². The average Bonchev–Trinajstić information content (AvgIpc) is 3.10. The van der Waals surface area contributed by atoms with Crippen molar-refractivity contribution in [1.29, 1.82) is 0 Å². The Morgan fingerprint density at radius 3 is 2.41 bits per heavy atom. The minimum atomic E-state index is -4.37. The molecular formula is C20H22F3N5O. The third kappa shape index (κ3) is 4.14. The summed E-state index contributed by atoms with van der Waals surface area (Å²) in [5.74, 6) is 1.18. The van der Waals surface area contributed by atoms with E-state index in [2.05, 4.69) is 20.3 Å². The van der Waals surface area contributed by atoms with E-state index in [9.17, 15) is 18.3 Å². The molecule has 1 saturated carbocycles. The lowest BCUT2D eigenvalue weighted by Crippen LogP contribution is -2.37. The lowest BCUT2D eigenvalue weighted by Gasteiger charge is -2.34. The van der Waals surface area contributed by atoms with Crippen molar-refractivity contribution < 1.29 is 18.3 Å². The van der Waals surface area contributed by atoms with Crippen molar-refractivity contribution in [1.82, 2.24) is 14.6 Å². The standard InChI is InChI=1S/C20H22F3N5O/c1-27(15-9-11-16(29)12-10-15)18-4-2-3-17-25-19(26-28(17)18)24-14-7-5-13(6-8-14)20(21,22)23/h2-8,15-16,29H,9-12H2,1H3,(H,24,26)/t15-,16+. The average molecular weight is 405 g/mol. The van der Waals surface area contributed by atoms with Gasteiger partial charge in [-0.05, 0) is 62.1 Å². The number of hydrogen-bond acceptors (Lipinski definition) is 5. The van der Waals surface area contributed by atoms with Gasteiger partial charge in [0.15, 0.2) is 5.65 Å². The van der Waals surface area contributed by atoms with Crippen LogP contribution in [0, 0.1) is 0 Å². The number of pyridine rings is 1. The Balaban J connectivity index is 1.56. The van der Waals surface area contributed by atoms with E-state index in [0.29, 0.717) is 23.3 Å². The van der Waals surface area contributed by atoms with E-state index >= 15 is 0 Å². The van der Waals surface area contributed by atoms with Crippen LogP contribution in [0.4, 0.5) is 30.6 Å². The molecule has 154 valence electrons. The van der Waals surface area contributed by atoms with Crippen LogP contribution in [0.1, 0.15) is 31.2 Å². The lowest BCUT2D eigenvalue weighted by molar-refractivity contribution is -0.137. The van der Waals surface area contributed by atoms with Crippen LogP contribution in [0.3, 0.4) is 0 Å². The Morgan fingerprint density at radius 2 is 1.76 bits per heavy atom. The molecule has 1 aromatic carbocycles. The highest BCUT2D eigenvalue weighted by atomic mass is 19.4. The highest BCUT2D eigenvalue weighted by Gasteiger charge is 2.30. The minimum absolute atomic E-state index is 0.221. The Kier molecular flexibility index (Phi) is 5.08. The number of nitrogens with zero attached hydrogens (tertiary/aromatic N) is 4. The minimum Gasteiger partial charge on any atom is -0.393 e. The number of aromatic nitrogens is 3. The van der Waals surface area contributed by atoms with Gasteiger partial charge < -0.3 is 15.3 Å². The molecule has 0 aliphatic heterocycles. The molecule has 1 aliphatic carbocycles. The SMILES string of the molecule is CN(c1cccc2nc(Nc3ccc(C(F)(F)F)cc3)nn12)[C@H]1CC[C@@H](O)CC1. The number of rotatable bonds is 4. The van der Waals surface area contributed by atoms with Gasteiger partial charge in [0.1, 0.15) is 5.82 Å². The van der Waals surface area contributed by atoms with Gasteiger partial charge in [0.25, 0.3) is 0 Å². The first kappa shape index (κ1) is 19.5. The molecule has 0 amide bonds. The fraction of sp³-hybridized carbons (Fsp3) is 0.400. The predicted molar refractivity (Wildman–Crippen MR) is 104 cm³/mol. The van der Waals surface area contributed by atoms with E-state index in [0.717, 1.165) is 43.6 Å². The van der Waals surface area contributed by atoms with E-state index in [1.807, 2.05) is 25.2 Å². The van der Waals surface area contributed by atoms with Crippen LogP contribution < -0.4 is 10.2 Å². The number of aliphatic hydroxyl groups excluding tert-OH is 1. The summed E-state index contributed by atoms with van der Waals surface area (Å²) in [7, 11) is 2.00. The summed E-state index contributed by atoms with van der Waals surface area (Å²) in [6.07, 6.45) is -1.22. The number of alkyl halides is 3. The molecule has 6 nitrogen and oxygen atoms in total. The summed E-state index contributed by atoms with van der Waals surface area (Å²) < 4.78 is 39.9. The molecule has 9 heteroatoms. The Labute approximate surface area is 166 Å². The van der Waals surface area contributed by atoms with Crippen LogP contribution in [-0.4, -0.2) is 38.9 Å². The molecule has 0 saturated heterocycles. The summed E-state index contributed by atoms with van der Waals surface area (Å²) in [5.41, 5.74) is 0.414. The largest absolute Gasteiger partial charge is 0.416 e. The van der Waals surface area contributed by atoms with Gasteiger partial charge in [-0.3, -0.25) is 0 Å². The smallest absolute Gasteiger partial charge is 0.393 e. The third-order valence-corrected chi connectivity index (χ3v) is 5.38. The van der Waals surface area contributed by atoms with Crippen molar-refractivity contribution >= 4 is 23.1 Å². The number of aliphatic hydroxyl groups is 1. The van der Waals surface area contributed by atoms with Crippen LogP contribution in [0.2, 0.25) is 0 Å². The molecule has 4 rings (SSSR count). The molecule has 0 unspecified atom stereocenters. The van der Waals surface area contributed by atoms with Gasteiger partial charge in [0.2, 0.25) is 5.95 Å². The predicted octanol–water partition coefficient (Wildman–Crippen LogP) is 4.23. The summed E-state index contributed by atoms with van der Waals surface area (Å²) in [5, 5.41) is 17.2. The molecule has 2 N–H and O–H groups in total. The number of anilines is 3. The zero-order valence-corrected chi connectivity index (χ0v) is 15.9. The maximum atomic E-state index is 12.7. The van der Waals surface area contributed by atoms with Crippen molar-refractivity contribution in [3.05, 3.63) is 48.0 Å². The van der Waals surface area contributed by atoms with E-state index in [1.54, 1.807) is 4.52 Å². The number of halogens is 3. The first-order chi connectivity index (χ1) is 13.8. The van der Waals surface area contributed by atoms with E-state index in [4.69, 9.17) is 0 Å². The molecular weight excluding hydrogens is 383 g/mol. The first-order valence-corrected chi connectivity index (χ1v) is 9.52. The van der Waals surface area contributed by atoms with Gasteiger partial charge >= 0.3 is 6.18 Å². The molecule has 0 spiro atoms. The van der Waals surface area contributed by atoms with Crippen LogP contribution in [0.5, 0.6) is 0 Å². The summed E-state index contributed by atoms with van der Waals surface area (Å²) in [6.45, 7) is 0. The van der Waals surface area contributed by atoms with Crippen molar-refractivity contribution in [2.75, 3.05) is 17.3 Å². The fourth-order valence-electron chi connectivity index (χ4n) is 3.72. The Bertz CT molecular complexity index is 978. The second-order valence-electron chi connectivity index (χ2n) is 7.36. The maximum absolute atomic E-state index is 12.7. The number of fused-ring (bicyclic) bond motifs is 1. The van der Waals surface area contributed by atoms with Crippen molar-refractivity contribution in [2.24, 2.45) is 0 Å². The van der Waals surface area contributed by atoms with Gasteiger partial charge in [0, 0.05) is 18.8 Å². The number of benzene rings is 1. The van der Waals surface area contributed by atoms with Gasteiger partial charge in [-0.25, -0.2) is 0 Å². The van der Waals surface area contributed by atoms with Crippen molar-refractivity contribution in [2.45, 2.75) is 44.0 Å². The second kappa shape index (κ2) is 7.55. The maximum Gasteiger partial charge on any atom is 0.416 e. The molecule has 29 heavy (non-hydrogen) atoms. The lowest BCUT2D eigenvalue weighted by atomic mass is 9.92. The van der Waals surface area contributed by atoms with Crippen molar-refractivity contribution in [3.8, 4) is 0 Å². The monoisotopic (exact) mass is 405 g/mol. The normalized spacial score (nSPS) is 20.0. The zero-order valence-electron chi connectivity index (χ0n) is 15.9. The highest BCUT2D eigenvalue weighted by molar-refractivity contribution is 5.58. The molecule has 3 aromatic rings. The zero-order chi connectivity index (χ0) is 20.6. The van der Waals surface area contributed by atoms with Gasteiger partial charge in [-0.2, -0.15) is 22.7 Å². The molecule has 1 aliphatic rings. The quantitative estimate of drug-likeness (QED) is 0.680. The van der Waals surface area contributed by atoms with E-state index in [-0.39, 0.29) is 6.10 Å². The number of hydrogen-bond donors (Lipinski definition) is 2. The molecule has 2 aromatic heterocycles. The Hall–Kier alpha value is -2.81. The fourth-order valence-corrected chi connectivity index (χ4v) is 3.72. The highest BCUT2D eigenvalue weighted by Crippen LogP contribution is 2.30. The van der Waals surface area contributed by atoms with Crippen molar-refractivity contribution in [3.63, 3.8) is 0 Å². The van der Waals surface area contributed by atoms with Gasteiger partial charge in [0.05, 0.1) is 11.7 Å². The van der Waals surface area contributed by atoms with Crippen LogP contribution in [0.15, 0.2) is 42.5 Å². The molecule has 0 atom stereocenters. The first-order valence-electron chi connectivity index (χ1n) is 9.52. The summed E-state index contributed by atoms with van der Waals surface area (Å²) >= 11 is 0. The van der Waals surface area contributed by atoms with E-state index in [1.165, 1.54) is 12.1 Å². The van der Waals surface area contributed by atoms with Crippen LogP contribution in [0.25, 0.3) is 5.65 Å². The topological polar surface area (TPSA) is 65.7 Å². The molecule has 2 heterocycles. The van der Waals surface area contributed by atoms with Crippen LogP contribution in [-0.2, 0) is 6.18 Å². The molecule has 0 radical (unpaired) electrons. The summed E-state index contributed by atoms with van der Waals surface area (Å²) in [4.78, 5) is 6.58. The number of nitrogens with one attached hydrogen (secondary N) is 1. The molecule has 0 bridgehead atoms.